The van der Waals surface area contributed by atoms with E-state index in [-0.39, 0.29) is 17.4 Å². The van der Waals surface area contributed by atoms with Crippen molar-refractivity contribution in [2.45, 2.75) is 32.5 Å². The number of thioether (sulfide) groups is 1. The highest BCUT2D eigenvalue weighted by atomic mass is 32.2. The van der Waals surface area contributed by atoms with Crippen LogP contribution >= 0.6 is 11.8 Å². The Morgan fingerprint density at radius 1 is 1.18 bits per heavy atom. The van der Waals surface area contributed by atoms with Gasteiger partial charge >= 0.3 is 0 Å². The second-order valence-electron chi connectivity index (χ2n) is 6.73. The van der Waals surface area contributed by atoms with E-state index in [4.69, 9.17) is 4.42 Å². The number of hydrogen-bond acceptors (Lipinski definition) is 6. The lowest BCUT2D eigenvalue weighted by molar-refractivity contribution is -0.113. The molecule has 3 aromatic rings. The third kappa shape index (κ3) is 4.69. The van der Waals surface area contributed by atoms with Crippen LogP contribution in [0.3, 0.4) is 0 Å². The Balaban J connectivity index is 1.72. The van der Waals surface area contributed by atoms with Gasteiger partial charge in [0.1, 0.15) is 0 Å². The Morgan fingerprint density at radius 3 is 2.64 bits per heavy atom. The average molecular weight is 398 g/mol. The minimum absolute atomic E-state index is 0.0941. The first-order chi connectivity index (χ1) is 13.5. The van der Waals surface area contributed by atoms with Gasteiger partial charge in [-0.1, -0.05) is 37.7 Å². The predicted molar refractivity (Wildman–Crippen MR) is 108 cm³/mol. The minimum Gasteiger partial charge on any atom is -0.461 e. The van der Waals surface area contributed by atoms with E-state index in [2.05, 4.69) is 29.4 Å². The number of hydrogen-bond donors (Lipinski definition) is 1. The van der Waals surface area contributed by atoms with Gasteiger partial charge in [-0.15, -0.1) is 10.2 Å². The number of para-hydroxylation sites is 1. The molecule has 3 rings (SSSR count). The van der Waals surface area contributed by atoms with Crippen LogP contribution < -0.4 is 5.32 Å². The summed E-state index contributed by atoms with van der Waals surface area (Å²) in [5.41, 5.74) is 1.00. The summed E-state index contributed by atoms with van der Waals surface area (Å²) < 4.78 is 7.41. The molecule has 146 valence electrons. The molecular formula is C20H22N4O3S. The van der Waals surface area contributed by atoms with Crippen molar-refractivity contribution in [3.8, 4) is 11.6 Å². The monoisotopic (exact) mass is 398 g/mol. The summed E-state index contributed by atoms with van der Waals surface area (Å²) in [5.74, 6) is 1.50. The molecule has 8 heteroatoms. The van der Waals surface area contributed by atoms with Crippen LogP contribution in [0.5, 0.6) is 0 Å². The fraction of sp³-hybridized carbons (Fsp3) is 0.300. The lowest BCUT2D eigenvalue weighted by atomic mass is 10.1. The summed E-state index contributed by atoms with van der Waals surface area (Å²) in [6.45, 7) is 6.39. The van der Waals surface area contributed by atoms with Crippen LogP contribution in [0.25, 0.3) is 11.6 Å². The van der Waals surface area contributed by atoms with Gasteiger partial charge in [-0.3, -0.25) is 14.2 Å². The van der Waals surface area contributed by atoms with E-state index in [9.17, 15) is 9.59 Å². The molecule has 2 heterocycles. The molecule has 0 aliphatic rings. The molecule has 0 spiro atoms. The number of Topliss-reactive ketones (excluding diaryl/α,β-unsaturated/α-hetero) is 1. The van der Waals surface area contributed by atoms with Crippen molar-refractivity contribution in [1.82, 2.24) is 14.8 Å². The molecule has 0 saturated heterocycles. The van der Waals surface area contributed by atoms with Gasteiger partial charge in [0.2, 0.25) is 5.91 Å². The summed E-state index contributed by atoms with van der Waals surface area (Å²) in [7, 11) is 0. The Labute approximate surface area is 167 Å². The van der Waals surface area contributed by atoms with Gasteiger partial charge in [0, 0.05) is 12.1 Å². The van der Waals surface area contributed by atoms with Crippen LogP contribution in [0.1, 0.15) is 31.1 Å². The molecule has 0 bridgehead atoms. The van der Waals surface area contributed by atoms with Crippen molar-refractivity contribution in [3.05, 3.63) is 48.2 Å². The molecule has 1 amide bonds. The number of anilines is 1. The van der Waals surface area contributed by atoms with Crippen molar-refractivity contribution in [1.29, 1.82) is 0 Å². The Hall–Kier alpha value is -2.87. The minimum atomic E-state index is -0.211. The van der Waals surface area contributed by atoms with Gasteiger partial charge in [0.15, 0.2) is 22.5 Å². The molecule has 28 heavy (non-hydrogen) atoms. The molecule has 0 unspecified atom stereocenters. The zero-order chi connectivity index (χ0) is 20.1. The van der Waals surface area contributed by atoms with Gasteiger partial charge < -0.3 is 9.73 Å². The quantitative estimate of drug-likeness (QED) is 0.453. The number of ketones is 1. The van der Waals surface area contributed by atoms with Crippen molar-refractivity contribution >= 4 is 29.1 Å². The first-order valence-corrected chi connectivity index (χ1v) is 9.94. The summed E-state index contributed by atoms with van der Waals surface area (Å²) in [6, 6.07) is 10.6. The SMILES string of the molecule is CC(=O)c1ccccc1NC(=O)CSc1nnc(-c2ccco2)n1CC(C)C. The smallest absolute Gasteiger partial charge is 0.234 e. The maximum absolute atomic E-state index is 12.4. The third-order valence-electron chi connectivity index (χ3n) is 3.92. The van der Waals surface area contributed by atoms with Crippen molar-refractivity contribution in [2.75, 3.05) is 11.1 Å². The molecule has 1 N–H and O–H groups in total. The predicted octanol–water partition coefficient (Wildman–Crippen LogP) is 4.13. The zero-order valence-electron chi connectivity index (χ0n) is 16.0. The number of nitrogens with one attached hydrogen (secondary N) is 1. The molecule has 0 radical (unpaired) electrons. The van der Waals surface area contributed by atoms with Crippen molar-refractivity contribution in [3.63, 3.8) is 0 Å². The molecule has 1 aromatic carbocycles. The summed E-state index contributed by atoms with van der Waals surface area (Å²) in [6.07, 6.45) is 1.59. The second kappa shape index (κ2) is 8.88. The van der Waals surface area contributed by atoms with Gasteiger partial charge in [0.25, 0.3) is 0 Å². The summed E-state index contributed by atoms with van der Waals surface area (Å²) in [4.78, 5) is 24.1. The number of rotatable bonds is 8. The van der Waals surface area contributed by atoms with E-state index in [0.29, 0.717) is 40.5 Å². The molecule has 0 aliphatic heterocycles. The van der Waals surface area contributed by atoms with Crippen LogP contribution in [0.15, 0.2) is 52.2 Å². The molecule has 0 aliphatic carbocycles. The third-order valence-corrected chi connectivity index (χ3v) is 4.89. The largest absolute Gasteiger partial charge is 0.461 e. The van der Waals surface area contributed by atoms with Gasteiger partial charge in [-0.05, 0) is 37.1 Å². The topological polar surface area (TPSA) is 90.0 Å². The first-order valence-electron chi connectivity index (χ1n) is 8.95. The molecule has 0 saturated carbocycles. The molecule has 0 fully saturated rings. The van der Waals surface area contributed by atoms with Crippen LogP contribution in [0.2, 0.25) is 0 Å². The molecule has 0 atom stereocenters. The van der Waals surface area contributed by atoms with E-state index in [1.165, 1.54) is 18.7 Å². The van der Waals surface area contributed by atoms with Gasteiger partial charge in [0.05, 0.1) is 17.7 Å². The first kappa shape index (κ1) is 19.9. The number of nitrogens with zero attached hydrogens (tertiary/aromatic N) is 3. The lowest BCUT2D eigenvalue weighted by Crippen LogP contribution is -2.17. The van der Waals surface area contributed by atoms with Crippen LogP contribution in [-0.4, -0.2) is 32.2 Å². The van der Waals surface area contributed by atoms with E-state index in [1.807, 2.05) is 10.6 Å². The maximum Gasteiger partial charge on any atom is 0.234 e. The number of benzene rings is 1. The Bertz CT molecular complexity index is 964. The van der Waals surface area contributed by atoms with Crippen molar-refractivity contribution in [2.24, 2.45) is 5.92 Å². The van der Waals surface area contributed by atoms with Crippen molar-refractivity contribution < 1.29 is 14.0 Å². The lowest BCUT2D eigenvalue weighted by Gasteiger charge is -2.12. The fourth-order valence-corrected chi connectivity index (χ4v) is 3.48. The Kier molecular flexibility index (Phi) is 6.30. The maximum atomic E-state index is 12.4. The van der Waals surface area contributed by atoms with Crippen LogP contribution in [0, 0.1) is 5.92 Å². The Morgan fingerprint density at radius 2 is 1.96 bits per heavy atom. The second-order valence-corrected chi connectivity index (χ2v) is 7.67. The number of carbonyl (C=O) groups is 2. The highest BCUT2D eigenvalue weighted by molar-refractivity contribution is 7.99. The van der Waals surface area contributed by atoms with E-state index < -0.39 is 0 Å². The summed E-state index contributed by atoms with van der Waals surface area (Å²) in [5, 5.41) is 11.9. The average Bonchev–Trinajstić information content (AvgIpc) is 3.29. The normalized spacial score (nSPS) is 11.0. The number of aromatic nitrogens is 3. The molecular weight excluding hydrogens is 376 g/mol. The standard InChI is InChI=1S/C20H22N4O3S/c1-13(2)11-24-19(17-9-6-10-27-17)22-23-20(24)28-12-18(26)21-16-8-5-4-7-15(16)14(3)25/h4-10,13H,11-12H2,1-3H3,(H,21,26). The highest BCUT2D eigenvalue weighted by Crippen LogP contribution is 2.26. The number of amides is 1. The number of furan rings is 1. The molecule has 2 aromatic heterocycles. The summed E-state index contributed by atoms with van der Waals surface area (Å²) >= 11 is 1.30. The highest BCUT2D eigenvalue weighted by Gasteiger charge is 2.18. The van der Waals surface area contributed by atoms with E-state index in [1.54, 1.807) is 36.6 Å². The fourth-order valence-electron chi connectivity index (χ4n) is 2.73. The number of carbonyl (C=O) groups excluding carboxylic acids is 2. The van der Waals surface area contributed by atoms with Crippen LogP contribution in [0.4, 0.5) is 5.69 Å². The molecule has 7 nitrogen and oxygen atoms in total. The van der Waals surface area contributed by atoms with E-state index in [0.717, 1.165) is 0 Å². The zero-order valence-corrected chi connectivity index (χ0v) is 16.8. The van der Waals surface area contributed by atoms with Gasteiger partial charge in [-0.25, -0.2) is 0 Å². The van der Waals surface area contributed by atoms with E-state index >= 15 is 0 Å². The van der Waals surface area contributed by atoms with Crippen LogP contribution in [-0.2, 0) is 11.3 Å². The van der Waals surface area contributed by atoms with Gasteiger partial charge in [-0.2, -0.15) is 0 Å².